The van der Waals surface area contributed by atoms with E-state index in [1.807, 2.05) is 18.2 Å². The summed E-state index contributed by atoms with van der Waals surface area (Å²) in [5, 5.41) is 3.86. The molecule has 2 fully saturated rings. The highest BCUT2D eigenvalue weighted by molar-refractivity contribution is 6.00. The van der Waals surface area contributed by atoms with Gasteiger partial charge in [-0.2, -0.15) is 0 Å². The summed E-state index contributed by atoms with van der Waals surface area (Å²) >= 11 is 0. The van der Waals surface area contributed by atoms with Crippen molar-refractivity contribution in [1.82, 2.24) is 14.8 Å². The Morgan fingerprint density at radius 1 is 1.30 bits per heavy atom. The number of fused-ring (bicyclic) bond motifs is 1. The molecule has 1 N–H and O–H groups in total. The van der Waals surface area contributed by atoms with Gasteiger partial charge in [-0.05, 0) is 25.0 Å². The second kappa shape index (κ2) is 7.30. The number of nitrogens with zero attached hydrogens (tertiary/aromatic N) is 3. The van der Waals surface area contributed by atoms with Gasteiger partial charge in [0.05, 0.1) is 24.9 Å². The van der Waals surface area contributed by atoms with Gasteiger partial charge in [-0.15, -0.1) is 0 Å². The van der Waals surface area contributed by atoms with Crippen LogP contribution in [0.5, 0.6) is 5.75 Å². The molecule has 0 spiro atoms. The lowest BCUT2D eigenvalue weighted by Crippen LogP contribution is -2.48. The quantitative estimate of drug-likeness (QED) is 0.898. The molecular formula is C19H22N4O4. The van der Waals surface area contributed by atoms with Crippen molar-refractivity contribution in [2.75, 3.05) is 38.7 Å². The summed E-state index contributed by atoms with van der Waals surface area (Å²) in [6.45, 7) is 2.28. The van der Waals surface area contributed by atoms with Crippen LogP contribution < -0.4 is 10.1 Å². The molecule has 2 aliphatic heterocycles. The van der Waals surface area contributed by atoms with E-state index >= 15 is 0 Å². The maximum absolute atomic E-state index is 12.7. The van der Waals surface area contributed by atoms with Crippen molar-refractivity contribution in [3.8, 4) is 5.75 Å². The summed E-state index contributed by atoms with van der Waals surface area (Å²) in [6, 6.07) is 7.42. The number of urea groups is 1. The predicted molar refractivity (Wildman–Crippen MR) is 100.0 cm³/mol. The molecule has 8 heteroatoms. The Balaban J connectivity index is 1.44. The van der Waals surface area contributed by atoms with Crippen molar-refractivity contribution in [3.63, 3.8) is 0 Å². The Morgan fingerprint density at radius 2 is 2.11 bits per heavy atom. The van der Waals surface area contributed by atoms with Crippen molar-refractivity contribution in [1.29, 1.82) is 0 Å². The summed E-state index contributed by atoms with van der Waals surface area (Å²) in [5.41, 5.74) is 1.35. The van der Waals surface area contributed by atoms with E-state index in [2.05, 4.69) is 10.3 Å². The number of hydrogen-bond donors (Lipinski definition) is 1. The van der Waals surface area contributed by atoms with E-state index in [0.717, 1.165) is 23.7 Å². The fourth-order valence-electron chi connectivity index (χ4n) is 3.69. The van der Waals surface area contributed by atoms with Gasteiger partial charge in [0, 0.05) is 36.8 Å². The van der Waals surface area contributed by atoms with E-state index in [-0.39, 0.29) is 18.2 Å². The van der Waals surface area contributed by atoms with Gasteiger partial charge in [-0.3, -0.25) is 4.98 Å². The van der Waals surface area contributed by atoms with Gasteiger partial charge >= 0.3 is 12.1 Å². The van der Waals surface area contributed by atoms with Gasteiger partial charge in [0.1, 0.15) is 12.4 Å². The number of aromatic nitrogens is 1. The van der Waals surface area contributed by atoms with Crippen molar-refractivity contribution in [2.45, 2.75) is 18.9 Å². The van der Waals surface area contributed by atoms with Gasteiger partial charge in [-0.1, -0.05) is 6.07 Å². The molecule has 0 bridgehead atoms. The van der Waals surface area contributed by atoms with Crippen LogP contribution in [0.3, 0.4) is 0 Å². The van der Waals surface area contributed by atoms with E-state index in [0.29, 0.717) is 37.7 Å². The van der Waals surface area contributed by atoms with Gasteiger partial charge in [0.2, 0.25) is 0 Å². The third kappa shape index (κ3) is 3.47. The van der Waals surface area contributed by atoms with Gasteiger partial charge < -0.3 is 24.6 Å². The highest BCUT2D eigenvalue weighted by Crippen LogP contribution is 2.28. The van der Waals surface area contributed by atoms with Gasteiger partial charge in [0.15, 0.2) is 0 Å². The number of hydrogen-bond acceptors (Lipinski definition) is 5. The number of carbonyl (C=O) groups excluding carboxylic acids is 2. The summed E-state index contributed by atoms with van der Waals surface area (Å²) in [6.07, 6.45) is 2.96. The molecule has 1 aromatic carbocycles. The number of anilines is 1. The van der Waals surface area contributed by atoms with E-state index in [1.165, 1.54) is 0 Å². The normalized spacial score (nSPS) is 17.9. The van der Waals surface area contributed by atoms with Gasteiger partial charge in [0.25, 0.3) is 0 Å². The van der Waals surface area contributed by atoms with E-state index in [9.17, 15) is 9.59 Å². The Morgan fingerprint density at radius 3 is 2.81 bits per heavy atom. The number of cyclic esters (lactones) is 1. The molecule has 142 valence electrons. The lowest BCUT2D eigenvalue weighted by atomic mass is 10.0. The van der Waals surface area contributed by atoms with Crippen molar-refractivity contribution >= 4 is 28.7 Å². The molecule has 4 rings (SSSR count). The number of piperidine rings is 1. The highest BCUT2D eigenvalue weighted by Gasteiger charge is 2.33. The predicted octanol–water partition coefficient (Wildman–Crippen LogP) is 2.69. The molecule has 2 aromatic rings. The standard InChI is InChI=1S/C19H22N4O4/c1-26-15-11-13-3-2-6-20-17(13)16(12-15)21-18(24)22-7-4-14(5-8-22)23-9-10-27-19(23)25/h2-3,6,11-12,14H,4-5,7-10H2,1H3,(H,21,24). The Hall–Kier alpha value is -3.03. The number of methoxy groups -OCH3 is 1. The first-order chi connectivity index (χ1) is 13.2. The third-order valence-electron chi connectivity index (χ3n) is 5.14. The molecule has 8 nitrogen and oxygen atoms in total. The molecule has 0 radical (unpaired) electrons. The lowest BCUT2D eigenvalue weighted by molar-refractivity contribution is 0.125. The number of benzene rings is 1. The van der Waals surface area contributed by atoms with Crippen LogP contribution in [0.15, 0.2) is 30.5 Å². The topological polar surface area (TPSA) is 84.0 Å². The number of nitrogens with one attached hydrogen (secondary N) is 1. The van der Waals surface area contributed by atoms with Crippen LogP contribution in [-0.4, -0.2) is 66.3 Å². The van der Waals surface area contributed by atoms with E-state index in [1.54, 1.807) is 29.2 Å². The number of ether oxygens (including phenoxy) is 2. The first kappa shape index (κ1) is 17.4. The monoisotopic (exact) mass is 370 g/mol. The van der Waals surface area contributed by atoms with Crippen LogP contribution in [0, 0.1) is 0 Å². The van der Waals surface area contributed by atoms with Crippen molar-refractivity contribution in [3.05, 3.63) is 30.5 Å². The first-order valence-corrected chi connectivity index (χ1v) is 9.08. The number of likely N-dealkylation sites (tertiary alicyclic amines) is 1. The number of pyridine rings is 1. The van der Waals surface area contributed by atoms with Crippen molar-refractivity contribution < 1.29 is 19.1 Å². The molecule has 0 atom stereocenters. The number of amides is 3. The summed E-state index contributed by atoms with van der Waals surface area (Å²) < 4.78 is 10.3. The molecular weight excluding hydrogens is 348 g/mol. The zero-order valence-corrected chi connectivity index (χ0v) is 15.2. The molecule has 3 heterocycles. The lowest BCUT2D eigenvalue weighted by Gasteiger charge is -2.35. The summed E-state index contributed by atoms with van der Waals surface area (Å²) in [5.74, 6) is 0.664. The fraction of sp³-hybridized carbons (Fsp3) is 0.421. The van der Waals surface area contributed by atoms with Crippen molar-refractivity contribution in [2.24, 2.45) is 0 Å². The molecule has 2 saturated heterocycles. The average molecular weight is 370 g/mol. The molecule has 0 aliphatic carbocycles. The van der Waals surface area contributed by atoms with E-state index < -0.39 is 0 Å². The first-order valence-electron chi connectivity index (χ1n) is 9.08. The molecule has 27 heavy (non-hydrogen) atoms. The molecule has 3 amide bonds. The summed E-state index contributed by atoms with van der Waals surface area (Å²) in [4.78, 5) is 32.4. The smallest absolute Gasteiger partial charge is 0.410 e. The second-order valence-electron chi connectivity index (χ2n) is 6.71. The zero-order valence-electron chi connectivity index (χ0n) is 15.2. The Bertz CT molecular complexity index is 864. The molecule has 1 aromatic heterocycles. The Kier molecular flexibility index (Phi) is 4.70. The Labute approximate surface area is 157 Å². The zero-order chi connectivity index (χ0) is 18.8. The maximum atomic E-state index is 12.7. The van der Waals surface area contributed by atoms with Crippen LogP contribution >= 0.6 is 0 Å². The summed E-state index contributed by atoms with van der Waals surface area (Å²) in [7, 11) is 1.59. The van der Waals surface area contributed by atoms with Gasteiger partial charge in [-0.25, -0.2) is 9.59 Å². The third-order valence-corrected chi connectivity index (χ3v) is 5.14. The second-order valence-corrected chi connectivity index (χ2v) is 6.71. The molecule has 2 aliphatic rings. The minimum atomic E-state index is -0.244. The number of rotatable bonds is 3. The van der Waals surface area contributed by atoms with Crippen LogP contribution in [0.1, 0.15) is 12.8 Å². The van der Waals surface area contributed by atoms with Crippen LogP contribution in [0.25, 0.3) is 10.9 Å². The van der Waals surface area contributed by atoms with Crippen LogP contribution in [-0.2, 0) is 4.74 Å². The number of carbonyl (C=O) groups is 2. The molecule has 0 saturated carbocycles. The molecule has 0 unspecified atom stereocenters. The minimum Gasteiger partial charge on any atom is -0.497 e. The fourth-order valence-corrected chi connectivity index (χ4v) is 3.69. The van der Waals surface area contributed by atoms with Crippen LogP contribution in [0.4, 0.5) is 15.3 Å². The highest BCUT2D eigenvalue weighted by atomic mass is 16.6. The SMILES string of the molecule is COc1cc(NC(=O)N2CCC(N3CCOC3=O)CC2)c2ncccc2c1. The van der Waals surface area contributed by atoms with E-state index in [4.69, 9.17) is 9.47 Å². The maximum Gasteiger partial charge on any atom is 0.410 e. The van der Waals surface area contributed by atoms with Crippen LogP contribution in [0.2, 0.25) is 0 Å². The largest absolute Gasteiger partial charge is 0.497 e. The average Bonchev–Trinajstić information content (AvgIpc) is 3.13. The minimum absolute atomic E-state index is 0.142.